The van der Waals surface area contributed by atoms with E-state index in [1.54, 1.807) is 18.1 Å². The Bertz CT molecular complexity index is 987. The summed E-state index contributed by atoms with van der Waals surface area (Å²) in [5, 5.41) is 1.91. The maximum Gasteiger partial charge on any atom is 0.142 e. The van der Waals surface area contributed by atoms with E-state index in [2.05, 4.69) is 39.2 Å². The van der Waals surface area contributed by atoms with Crippen molar-refractivity contribution >= 4 is 39.9 Å². The van der Waals surface area contributed by atoms with Gasteiger partial charge in [-0.25, -0.2) is 9.97 Å². The van der Waals surface area contributed by atoms with E-state index in [1.165, 1.54) is 0 Å². The molecule has 118 valence electrons. The van der Waals surface area contributed by atoms with Gasteiger partial charge in [0.1, 0.15) is 17.0 Å². The highest BCUT2D eigenvalue weighted by Gasteiger charge is 2.13. The predicted octanol–water partition coefficient (Wildman–Crippen LogP) is 4.22. The Kier molecular flexibility index (Phi) is 3.92. The number of nitrogens with one attached hydrogen (secondary N) is 1. The van der Waals surface area contributed by atoms with Crippen molar-refractivity contribution in [3.63, 3.8) is 0 Å². The second-order valence-electron chi connectivity index (χ2n) is 5.43. The monoisotopic (exact) mass is 350 g/mol. The number of allylic oxidation sites excluding steroid dienone is 3. The zero-order valence-electron chi connectivity index (χ0n) is 12.7. The minimum absolute atomic E-state index is 0.666. The zero-order valence-corrected chi connectivity index (χ0v) is 14.3. The fourth-order valence-corrected chi connectivity index (χ4v) is 3.64. The quantitative estimate of drug-likeness (QED) is 0.547. The molecule has 0 radical (unpaired) electrons. The normalized spacial score (nSPS) is 14.6. The van der Waals surface area contributed by atoms with Gasteiger partial charge in [0.2, 0.25) is 0 Å². The molecule has 0 aliphatic heterocycles. The van der Waals surface area contributed by atoms with Crippen molar-refractivity contribution in [3.8, 4) is 11.3 Å². The number of H-pyrrole nitrogens is 1. The molecule has 2 aromatic heterocycles. The number of aromatic amines is 1. The van der Waals surface area contributed by atoms with Crippen molar-refractivity contribution in [2.24, 2.45) is 5.73 Å². The molecule has 0 saturated carbocycles. The van der Waals surface area contributed by atoms with Crippen LogP contribution in [0, 0.1) is 0 Å². The van der Waals surface area contributed by atoms with Crippen LogP contribution in [0.5, 0.6) is 0 Å². The van der Waals surface area contributed by atoms with E-state index in [4.69, 9.17) is 18.0 Å². The van der Waals surface area contributed by atoms with Gasteiger partial charge in [0.05, 0.1) is 5.39 Å². The molecule has 2 heterocycles. The van der Waals surface area contributed by atoms with E-state index < -0.39 is 0 Å². The van der Waals surface area contributed by atoms with Gasteiger partial charge in [-0.3, -0.25) is 0 Å². The zero-order chi connectivity index (χ0) is 16.5. The molecule has 0 fully saturated rings. The van der Waals surface area contributed by atoms with E-state index in [0.29, 0.717) is 12.1 Å². The molecule has 0 bridgehead atoms. The van der Waals surface area contributed by atoms with Crippen LogP contribution in [0.4, 0.5) is 0 Å². The summed E-state index contributed by atoms with van der Waals surface area (Å²) in [4.78, 5) is 14.0. The maximum atomic E-state index is 5.94. The van der Waals surface area contributed by atoms with Gasteiger partial charge in [-0.2, -0.15) is 0 Å². The topological polar surface area (TPSA) is 67.6 Å². The van der Waals surface area contributed by atoms with Gasteiger partial charge in [-0.1, -0.05) is 60.4 Å². The van der Waals surface area contributed by atoms with Gasteiger partial charge in [-0.15, -0.1) is 0 Å². The fourth-order valence-electron chi connectivity index (χ4n) is 2.56. The Morgan fingerprint density at radius 2 is 2.00 bits per heavy atom. The van der Waals surface area contributed by atoms with Crippen LogP contribution in [0.3, 0.4) is 0 Å². The van der Waals surface area contributed by atoms with Crippen molar-refractivity contribution in [2.45, 2.75) is 11.4 Å². The number of thioether (sulfide) groups is 1. The first-order chi connectivity index (χ1) is 11.7. The van der Waals surface area contributed by atoms with Crippen molar-refractivity contribution in [1.82, 2.24) is 15.0 Å². The van der Waals surface area contributed by atoms with E-state index in [-0.39, 0.29) is 0 Å². The molecule has 4 rings (SSSR count). The van der Waals surface area contributed by atoms with Gasteiger partial charge in [0.15, 0.2) is 0 Å². The molecule has 3 N–H and O–H groups in total. The first kappa shape index (κ1) is 15.1. The number of hydrogen-bond acceptors (Lipinski definition) is 5. The molecule has 0 spiro atoms. The van der Waals surface area contributed by atoms with Gasteiger partial charge in [-0.05, 0) is 17.7 Å². The molecule has 4 nitrogen and oxygen atoms in total. The van der Waals surface area contributed by atoms with E-state index in [1.807, 2.05) is 24.3 Å². The van der Waals surface area contributed by atoms with Crippen molar-refractivity contribution in [2.75, 3.05) is 0 Å². The third-order valence-corrected chi connectivity index (χ3v) is 5.24. The minimum atomic E-state index is 0.666. The summed E-state index contributed by atoms with van der Waals surface area (Å²) in [6, 6.07) is 12.3. The lowest BCUT2D eigenvalue weighted by atomic mass is 10.1. The first-order valence-corrected chi connectivity index (χ1v) is 8.71. The molecule has 6 heteroatoms. The van der Waals surface area contributed by atoms with Crippen LogP contribution in [-0.4, -0.2) is 19.8 Å². The van der Waals surface area contributed by atoms with Crippen LogP contribution in [0.1, 0.15) is 6.42 Å². The van der Waals surface area contributed by atoms with Crippen molar-refractivity contribution in [1.29, 1.82) is 0 Å². The summed E-state index contributed by atoms with van der Waals surface area (Å²) < 4.78 is 0. The molecule has 0 amide bonds. The van der Waals surface area contributed by atoms with Crippen molar-refractivity contribution < 1.29 is 0 Å². The lowest BCUT2D eigenvalue weighted by molar-refractivity contribution is 1.10. The fraction of sp³-hybridized carbons (Fsp3) is 0.0556. The molecular formula is C18H14N4S2. The van der Waals surface area contributed by atoms with Crippen LogP contribution in [0.25, 0.3) is 22.3 Å². The summed E-state index contributed by atoms with van der Waals surface area (Å²) in [6.07, 6.45) is 6.28. The Balaban J connectivity index is 1.72. The second-order valence-corrected chi connectivity index (χ2v) is 6.98. The summed E-state index contributed by atoms with van der Waals surface area (Å²) in [5.41, 5.74) is 9.59. The van der Waals surface area contributed by atoms with Gasteiger partial charge < -0.3 is 10.7 Å². The second kappa shape index (κ2) is 6.22. The lowest BCUT2D eigenvalue weighted by Gasteiger charge is -2.10. The molecule has 3 aromatic rings. The molecule has 1 aliphatic carbocycles. The summed E-state index contributed by atoms with van der Waals surface area (Å²) in [5.74, 6) is 0. The first-order valence-electron chi connectivity index (χ1n) is 7.48. The average Bonchev–Trinajstić information content (AvgIpc) is 3.04. The summed E-state index contributed by atoms with van der Waals surface area (Å²) >= 11 is 6.78. The highest BCUT2D eigenvalue weighted by Crippen LogP contribution is 2.35. The SMILES string of the molecule is NC1=CC(Sc2ncnc3[nH]c(-c4ccccc4)cc23)=CCC1=S. The molecule has 1 aliphatic rings. The molecule has 0 unspecified atom stereocenters. The lowest BCUT2D eigenvalue weighted by Crippen LogP contribution is -2.11. The number of benzene rings is 1. The average molecular weight is 350 g/mol. The van der Waals surface area contributed by atoms with Gasteiger partial charge in [0.25, 0.3) is 0 Å². The maximum absolute atomic E-state index is 5.94. The third-order valence-electron chi connectivity index (χ3n) is 3.80. The highest BCUT2D eigenvalue weighted by molar-refractivity contribution is 8.03. The minimum Gasteiger partial charge on any atom is -0.398 e. The summed E-state index contributed by atoms with van der Waals surface area (Å²) in [7, 11) is 0. The van der Waals surface area contributed by atoms with Crippen LogP contribution in [0.15, 0.2) is 70.5 Å². The highest BCUT2D eigenvalue weighted by atomic mass is 32.2. The number of thiocarbonyl (C=S) groups is 1. The molecule has 1 aromatic carbocycles. The molecule has 24 heavy (non-hydrogen) atoms. The summed E-state index contributed by atoms with van der Waals surface area (Å²) in [6.45, 7) is 0. The van der Waals surface area contributed by atoms with Crippen LogP contribution in [-0.2, 0) is 0 Å². The molecule has 0 saturated heterocycles. The van der Waals surface area contributed by atoms with E-state index in [0.717, 1.165) is 37.1 Å². The Morgan fingerprint density at radius 3 is 2.79 bits per heavy atom. The van der Waals surface area contributed by atoms with Gasteiger partial charge in [0, 0.05) is 27.6 Å². The Hall–Kier alpha value is -2.44. The number of nitrogens with zero attached hydrogens (tertiary/aromatic N) is 2. The predicted molar refractivity (Wildman–Crippen MR) is 103 cm³/mol. The van der Waals surface area contributed by atoms with E-state index >= 15 is 0 Å². The Labute approximate surface area is 148 Å². The molecular weight excluding hydrogens is 336 g/mol. The number of nitrogens with two attached hydrogens (primary N) is 1. The Morgan fingerprint density at radius 1 is 1.17 bits per heavy atom. The van der Waals surface area contributed by atoms with Gasteiger partial charge >= 0.3 is 0 Å². The smallest absolute Gasteiger partial charge is 0.142 e. The third kappa shape index (κ3) is 2.86. The van der Waals surface area contributed by atoms with Crippen LogP contribution in [0.2, 0.25) is 0 Å². The number of rotatable bonds is 3. The molecule has 0 atom stereocenters. The largest absolute Gasteiger partial charge is 0.398 e. The number of aromatic nitrogens is 3. The van der Waals surface area contributed by atoms with Crippen molar-refractivity contribution in [3.05, 3.63) is 65.5 Å². The van der Waals surface area contributed by atoms with Crippen LogP contribution >= 0.6 is 24.0 Å². The standard InChI is InChI=1S/C18H14N4S2/c19-14-8-12(6-7-16(14)23)24-18-13-9-15(11-4-2-1-3-5-11)22-17(13)20-10-21-18/h1-6,8-10H,7,19H2,(H,20,21,22). The number of hydrogen-bond donors (Lipinski definition) is 2. The van der Waals surface area contributed by atoms with Crippen LogP contribution < -0.4 is 5.73 Å². The number of fused-ring (bicyclic) bond motifs is 1. The van der Waals surface area contributed by atoms with E-state index in [9.17, 15) is 0 Å².